The zero-order valence-corrected chi connectivity index (χ0v) is 46.1. The number of esters is 3. The summed E-state index contributed by atoms with van der Waals surface area (Å²) in [5, 5.41) is 0. The number of rotatable bonds is 55. The number of carbonyl (C=O) groups excluding carboxylic acids is 3. The quantitative estimate of drug-likeness (QED) is 0.0262. The molecule has 0 radical (unpaired) electrons. The standard InChI is InChI=1S/C63H114O6/c1-4-7-10-13-16-19-22-25-27-29-30-31-32-34-36-39-41-44-47-50-53-56-62(65)68-59-60(69-63(66)57-54-51-48-45-42-37-24-21-18-15-12-9-6-3)58-67-61(64)55-52-49-46-43-40-38-35-33-28-26-23-20-17-14-11-8-5-2/h17,20,26,28,35,38,43,46,60H,4-16,18-19,21-25,27,29-34,36-37,39-42,44-45,47-59H2,1-3H3/b20-17-,28-26-,38-35-,46-43-/t60-/m1/s1. The van der Waals surface area contributed by atoms with Crippen LogP contribution in [0.5, 0.6) is 0 Å². The van der Waals surface area contributed by atoms with Crippen LogP contribution in [-0.2, 0) is 28.6 Å². The van der Waals surface area contributed by atoms with Gasteiger partial charge in [0.2, 0.25) is 0 Å². The third-order valence-corrected chi connectivity index (χ3v) is 13.3. The number of allylic oxidation sites excluding steroid dienone is 8. The van der Waals surface area contributed by atoms with Crippen molar-refractivity contribution in [3.05, 3.63) is 48.6 Å². The summed E-state index contributed by atoms with van der Waals surface area (Å²) in [5.74, 6) is -0.926. The van der Waals surface area contributed by atoms with Crippen LogP contribution in [0.3, 0.4) is 0 Å². The Bertz CT molecular complexity index is 1200. The smallest absolute Gasteiger partial charge is 0.306 e. The molecule has 0 saturated heterocycles. The first-order chi connectivity index (χ1) is 34.0. The maximum absolute atomic E-state index is 12.8. The summed E-state index contributed by atoms with van der Waals surface area (Å²) in [4.78, 5) is 38.2. The van der Waals surface area contributed by atoms with Crippen molar-refractivity contribution in [2.75, 3.05) is 13.2 Å². The molecule has 402 valence electrons. The first-order valence-electron chi connectivity index (χ1n) is 30.1. The van der Waals surface area contributed by atoms with E-state index in [0.29, 0.717) is 19.3 Å². The minimum atomic E-state index is -0.791. The predicted molar refractivity (Wildman–Crippen MR) is 298 cm³/mol. The molecule has 0 rings (SSSR count). The van der Waals surface area contributed by atoms with Gasteiger partial charge in [-0.05, 0) is 57.8 Å². The molecule has 1 atom stereocenters. The van der Waals surface area contributed by atoms with E-state index in [9.17, 15) is 14.4 Å². The van der Waals surface area contributed by atoms with Crippen molar-refractivity contribution in [2.24, 2.45) is 0 Å². The average Bonchev–Trinajstić information content (AvgIpc) is 3.35. The van der Waals surface area contributed by atoms with Crippen molar-refractivity contribution in [3.63, 3.8) is 0 Å². The SMILES string of the molecule is CCCCC/C=C\C/C=C\C/C=C\C/C=C\CCCC(=O)OC[C@H](COC(=O)CCCCCCCCCCCCCCCCCCCCCCC)OC(=O)CCCCCCCCCCCCCCC. The molecule has 0 spiro atoms. The van der Waals surface area contributed by atoms with Gasteiger partial charge in [-0.3, -0.25) is 14.4 Å². The molecule has 0 heterocycles. The number of unbranched alkanes of at least 4 members (excludes halogenated alkanes) is 36. The number of ether oxygens (including phenoxy) is 3. The summed E-state index contributed by atoms with van der Waals surface area (Å²) in [7, 11) is 0. The summed E-state index contributed by atoms with van der Waals surface area (Å²) in [6.07, 6.45) is 71.2. The van der Waals surface area contributed by atoms with E-state index in [4.69, 9.17) is 14.2 Å². The molecule has 0 amide bonds. The molecule has 69 heavy (non-hydrogen) atoms. The number of hydrogen-bond donors (Lipinski definition) is 0. The second-order valence-corrected chi connectivity index (χ2v) is 20.3. The van der Waals surface area contributed by atoms with Gasteiger partial charge in [0.05, 0.1) is 0 Å². The largest absolute Gasteiger partial charge is 0.462 e. The zero-order chi connectivity index (χ0) is 50.0. The topological polar surface area (TPSA) is 78.9 Å². The maximum atomic E-state index is 12.8. The van der Waals surface area contributed by atoms with E-state index in [1.165, 1.54) is 205 Å². The van der Waals surface area contributed by atoms with Crippen LogP contribution < -0.4 is 0 Å². The van der Waals surface area contributed by atoms with Crippen LogP contribution in [-0.4, -0.2) is 37.2 Å². The molecule has 6 heteroatoms. The first kappa shape index (κ1) is 66.4. The normalized spacial score (nSPS) is 12.3. The Balaban J connectivity index is 4.35. The van der Waals surface area contributed by atoms with Gasteiger partial charge in [0, 0.05) is 19.3 Å². The van der Waals surface area contributed by atoms with E-state index in [0.717, 1.165) is 64.2 Å². The third-order valence-electron chi connectivity index (χ3n) is 13.3. The molecule has 0 fully saturated rings. The van der Waals surface area contributed by atoms with E-state index >= 15 is 0 Å². The molecular formula is C63H114O6. The summed E-state index contributed by atoms with van der Waals surface area (Å²) >= 11 is 0. The molecule has 0 aromatic carbocycles. The summed E-state index contributed by atoms with van der Waals surface area (Å²) < 4.78 is 16.8. The molecule has 6 nitrogen and oxygen atoms in total. The predicted octanol–water partition coefficient (Wildman–Crippen LogP) is 20.2. The van der Waals surface area contributed by atoms with Gasteiger partial charge in [0.15, 0.2) is 6.10 Å². The molecule has 0 aromatic heterocycles. The first-order valence-corrected chi connectivity index (χ1v) is 30.1. The van der Waals surface area contributed by atoms with Crippen LogP contribution in [0, 0.1) is 0 Å². The highest BCUT2D eigenvalue weighted by Gasteiger charge is 2.19. The Morgan fingerprint density at radius 1 is 0.290 bits per heavy atom. The highest BCUT2D eigenvalue weighted by atomic mass is 16.6. The Kier molecular flexibility index (Phi) is 55.7. The molecule has 0 aromatic rings. The lowest BCUT2D eigenvalue weighted by molar-refractivity contribution is -0.167. The molecule has 0 saturated carbocycles. The van der Waals surface area contributed by atoms with Crippen molar-refractivity contribution in [1.82, 2.24) is 0 Å². The second kappa shape index (κ2) is 57.9. The lowest BCUT2D eigenvalue weighted by atomic mass is 10.0. The molecule has 0 aliphatic rings. The minimum Gasteiger partial charge on any atom is -0.462 e. The van der Waals surface area contributed by atoms with Gasteiger partial charge in [-0.15, -0.1) is 0 Å². The van der Waals surface area contributed by atoms with Crippen molar-refractivity contribution in [1.29, 1.82) is 0 Å². The number of hydrogen-bond acceptors (Lipinski definition) is 6. The van der Waals surface area contributed by atoms with E-state index < -0.39 is 6.10 Å². The van der Waals surface area contributed by atoms with E-state index in [1.807, 2.05) is 0 Å². The van der Waals surface area contributed by atoms with Crippen LogP contribution in [0.2, 0.25) is 0 Å². The molecule has 0 aliphatic carbocycles. The van der Waals surface area contributed by atoms with Crippen molar-refractivity contribution in [3.8, 4) is 0 Å². The molecule has 0 N–H and O–H groups in total. The Morgan fingerprint density at radius 3 is 0.870 bits per heavy atom. The van der Waals surface area contributed by atoms with Crippen molar-refractivity contribution >= 4 is 17.9 Å². The molecule has 0 bridgehead atoms. The molecular weight excluding hydrogens is 853 g/mol. The fourth-order valence-electron chi connectivity index (χ4n) is 8.79. The summed E-state index contributed by atoms with van der Waals surface area (Å²) in [5.41, 5.74) is 0. The van der Waals surface area contributed by atoms with Gasteiger partial charge < -0.3 is 14.2 Å². The van der Waals surface area contributed by atoms with Crippen LogP contribution in [0.25, 0.3) is 0 Å². The van der Waals surface area contributed by atoms with Crippen LogP contribution in [0.4, 0.5) is 0 Å². The highest BCUT2D eigenvalue weighted by Crippen LogP contribution is 2.17. The highest BCUT2D eigenvalue weighted by molar-refractivity contribution is 5.71. The number of carbonyl (C=O) groups is 3. The van der Waals surface area contributed by atoms with Gasteiger partial charge in [-0.2, -0.15) is 0 Å². The lowest BCUT2D eigenvalue weighted by Gasteiger charge is -2.18. The van der Waals surface area contributed by atoms with E-state index in [1.54, 1.807) is 0 Å². The van der Waals surface area contributed by atoms with Crippen LogP contribution in [0.1, 0.15) is 316 Å². The zero-order valence-electron chi connectivity index (χ0n) is 46.1. The minimum absolute atomic E-state index is 0.0854. The van der Waals surface area contributed by atoms with Gasteiger partial charge in [-0.1, -0.05) is 288 Å². The molecule has 0 unspecified atom stereocenters. The monoisotopic (exact) mass is 967 g/mol. The fraction of sp³-hybridized carbons (Fsp3) is 0.825. The van der Waals surface area contributed by atoms with E-state index in [-0.39, 0.29) is 37.5 Å². The second-order valence-electron chi connectivity index (χ2n) is 20.3. The Labute approximate surface area is 428 Å². The molecule has 0 aliphatic heterocycles. The summed E-state index contributed by atoms with van der Waals surface area (Å²) in [6, 6.07) is 0. The van der Waals surface area contributed by atoms with E-state index in [2.05, 4.69) is 69.4 Å². The van der Waals surface area contributed by atoms with Crippen LogP contribution >= 0.6 is 0 Å². The van der Waals surface area contributed by atoms with Crippen molar-refractivity contribution < 1.29 is 28.6 Å². The third kappa shape index (κ3) is 56.2. The lowest BCUT2D eigenvalue weighted by Crippen LogP contribution is -2.30. The Morgan fingerprint density at radius 2 is 0.536 bits per heavy atom. The fourth-order valence-corrected chi connectivity index (χ4v) is 8.79. The van der Waals surface area contributed by atoms with Crippen molar-refractivity contribution in [2.45, 2.75) is 322 Å². The van der Waals surface area contributed by atoms with Crippen LogP contribution in [0.15, 0.2) is 48.6 Å². The average molecular weight is 968 g/mol. The van der Waals surface area contributed by atoms with Gasteiger partial charge >= 0.3 is 17.9 Å². The van der Waals surface area contributed by atoms with Gasteiger partial charge in [-0.25, -0.2) is 0 Å². The van der Waals surface area contributed by atoms with Gasteiger partial charge in [0.1, 0.15) is 13.2 Å². The summed E-state index contributed by atoms with van der Waals surface area (Å²) in [6.45, 7) is 6.61. The maximum Gasteiger partial charge on any atom is 0.306 e. The Hall–Kier alpha value is -2.63. The van der Waals surface area contributed by atoms with Gasteiger partial charge in [0.25, 0.3) is 0 Å².